The number of nitrogens with zero attached hydrogens (tertiary/aromatic N) is 2. The van der Waals surface area contributed by atoms with Gasteiger partial charge in [0, 0.05) is 49.8 Å². The zero-order valence-electron chi connectivity index (χ0n) is 27.7. The van der Waals surface area contributed by atoms with Gasteiger partial charge in [-0.1, -0.05) is 129 Å². The van der Waals surface area contributed by atoms with E-state index >= 15 is 0 Å². The van der Waals surface area contributed by atoms with Crippen LogP contribution in [0.15, 0.2) is 150 Å². The van der Waals surface area contributed by atoms with Crippen molar-refractivity contribution in [1.82, 2.24) is 9.97 Å². The molecule has 0 aliphatic heterocycles. The minimum Gasteiger partial charge on any atom is -0.455 e. The Morgan fingerprint density at radius 3 is 1.94 bits per heavy atom. The Labute approximate surface area is 288 Å². The number of hydrogen-bond acceptors (Lipinski definition) is 3. The first-order valence-electron chi connectivity index (χ1n) is 17.3. The summed E-state index contributed by atoms with van der Waals surface area (Å²) in [4.78, 5) is 10.3. The fraction of sp³-hybridized carbons (Fsp3) is 0.0638. The van der Waals surface area contributed by atoms with E-state index in [0.29, 0.717) is 0 Å². The quantitative estimate of drug-likeness (QED) is 0.177. The molecule has 0 spiro atoms. The molecule has 0 bridgehead atoms. The van der Waals surface area contributed by atoms with Gasteiger partial charge in [0.25, 0.3) is 0 Å². The molecule has 1 aliphatic carbocycles. The van der Waals surface area contributed by atoms with Gasteiger partial charge < -0.3 is 4.42 Å². The highest BCUT2D eigenvalue weighted by molar-refractivity contribution is 6.27. The Balaban J connectivity index is 1.37. The van der Waals surface area contributed by atoms with Gasteiger partial charge in [-0.25, -0.2) is 4.98 Å². The molecule has 0 saturated heterocycles. The molecule has 3 heteroatoms. The highest BCUT2D eigenvalue weighted by Crippen LogP contribution is 2.56. The Morgan fingerprint density at radius 1 is 0.500 bits per heavy atom. The van der Waals surface area contributed by atoms with Crippen LogP contribution in [0.2, 0.25) is 0 Å². The predicted octanol–water partition coefficient (Wildman–Crippen LogP) is 12.6. The molecule has 3 nitrogen and oxygen atoms in total. The number of pyridine rings is 2. The maximum absolute atomic E-state index is 6.93. The van der Waals surface area contributed by atoms with Crippen molar-refractivity contribution in [3.63, 3.8) is 0 Å². The molecule has 0 atom stereocenters. The summed E-state index contributed by atoms with van der Waals surface area (Å²) in [6.45, 7) is 4.69. The average Bonchev–Trinajstić information content (AvgIpc) is 3.66. The van der Waals surface area contributed by atoms with Crippen LogP contribution in [0.4, 0.5) is 0 Å². The summed E-state index contributed by atoms with van der Waals surface area (Å²) in [5, 5.41) is 9.21. The monoisotopic (exact) mass is 638 g/mol. The highest BCUT2D eigenvalue weighted by atomic mass is 16.3. The molecule has 10 aromatic rings. The highest BCUT2D eigenvalue weighted by Gasteiger charge is 2.39. The van der Waals surface area contributed by atoms with Gasteiger partial charge in [-0.2, -0.15) is 0 Å². The van der Waals surface area contributed by atoms with Crippen molar-refractivity contribution in [2.45, 2.75) is 19.3 Å². The number of para-hydroxylation sites is 1. The standard InChI is InChI=1S/C47H30N2O/c1-47(2)36-19-9-7-17-33(36)42-37(47)26-35(41-34-18-8-10-20-39(34)50-46(41)42)40-31-15-5-3-13-29(31)30-14-4-6-16-32(30)43(40)38-24-23-28-22-21-27-12-11-25-48-44(27)45(28)49-38/h3-26H,1-2H3. The fourth-order valence-electron chi connectivity index (χ4n) is 8.80. The lowest BCUT2D eigenvalue weighted by atomic mass is 9.79. The SMILES string of the molecule is CC1(C)c2ccccc2-c2c1cc(-c1c(-c3ccc4ccc5cccnc5c4n3)c3ccccc3c3ccccc13)c1c2oc2ccccc21. The number of rotatable bonds is 2. The summed E-state index contributed by atoms with van der Waals surface area (Å²) in [7, 11) is 0. The van der Waals surface area contributed by atoms with Crippen LogP contribution in [-0.2, 0) is 5.41 Å². The van der Waals surface area contributed by atoms with Crippen molar-refractivity contribution in [3.05, 3.63) is 157 Å². The second-order valence-electron chi connectivity index (χ2n) is 14.1. The molecule has 0 unspecified atom stereocenters. The summed E-state index contributed by atoms with van der Waals surface area (Å²) in [5.74, 6) is 0. The van der Waals surface area contributed by atoms with Crippen LogP contribution < -0.4 is 0 Å². The van der Waals surface area contributed by atoms with Crippen LogP contribution >= 0.6 is 0 Å². The third-order valence-corrected chi connectivity index (χ3v) is 11.1. The molecule has 3 aromatic heterocycles. The molecule has 7 aromatic carbocycles. The maximum atomic E-state index is 6.93. The largest absolute Gasteiger partial charge is 0.455 e. The first kappa shape index (κ1) is 27.6. The van der Waals surface area contributed by atoms with Crippen molar-refractivity contribution in [1.29, 1.82) is 0 Å². The zero-order chi connectivity index (χ0) is 33.1. The molecule has 1 aliphatic rings. The van der Waals surface area contributed by atoms with E-state index in [1.54, 1.807) is 0 Å². The smallest absolute Gasteiger partial charge is 0.144 e. The Bertz CT molecular complexity index is 3080. The van der Waals surface area contributed by atoms with Crippen LogP contribution in [-0.4, -0.2) is 9.97 Å². The summed E-state index contributed by atoms with van der Waals surface area (Å²) in [5.41, 5.74) is 12.9. The first-order chi connectivity index (χ1) is 24.6. The van der Waals surface area contributed by atoms with E-state index < -0.39 is 0 Å². The number of aromatic nitrogens is 2. The van der Waals surface area contributed by atoms with E-state index in [2.05, 4.69) is 147 Å². The molecule has 0 N–H and O–H groups in total. The van der Waals surface area contributed by atoms with Gasteiger partial charge in [0.1, 0.15) is 11.2 Å². The Hall–Kier alpha value is -6.32. The number of fused-ring (bicyclic) bond motifs is 13. The van der Waals surface area contributed by atoms with Crippen molar-refractivity contribution < 1.29 is 4.42 Å². The molecule has 0 radical (unpaired) electrons. The number of benzene rings is 7. The molecule has 234 valence electrons. The van der Waals surface area contributed by atoms with E-state index in [0.717, 1.165) is 55.0 Å². The van der Waals surface area contributed by atoms with Crippen molar-refractivity contribution in [2.24, 2.45) is 0 Å². The zero-order valence-corrected chi connectivity index (χ0v) is 27.7. The summed E-state index contributed by atoms with van der Waals surface area (Å²) >= 11 is 0. The summed E-state index contributed by atoms with van der Waals surface area (Å²) in [6, 6.07) is 50.2. The van der Waals surface area contributed by atoms with Gasteiger partial charge in [-0.05, 0) is 68.1 Å². The van der Waals surface area contributed by atoms with Crippen LogP contribution in [0.25, 0.3) is 98.8 Å². The fourth-order valence-corrected chi connectivity index (χ4v) is 8.80. The maximum Gasteiger partial charge on any atom is 0.144 e. The molecule has 50 heavy (non-hydrogen) atoms. The normalized spacial score (nSPS) is 13.6. The van der Waals surface area contributed by atoms with E-state index in [1.165, 1.54) is 54.9 Å². The molecule has 3 heterocycles. The van der Waals surface area contributed by atoms with E-state index in [1.807, 2.05) is 12.3 Å². The lowest BCUT2D eigenvalue weighted by Crippen LogP contribution is -2.15. The van der Waals surface area contributed by atoms with E-state index in [-0.39, 0.29) is 5.41 Å². The van der Waals surface area contributed by atoms with Crippen molar-refractivity contribution in [2.75, 3.05) is 0 Å². The Morgan fingerprint density at radius 2 is 1.14 bits per heavy atom. The topological polar surface area (TPSA) is 38.9 Å². The van der Waals surface area contributed by atoms with Gasteiger partial charge in [0.15, 0.2) is 0 Å². The molecule has 0 saturated carbocycles. The van der Waals surface area contributed by atoms with Crippen LogP contribution in [0, 0.1) is 0 Å². The second kappa shape index (κ2) is 9.87. The molecule has 11 rings (SSSR count). The first-order valence-corrected chi connectivity index (χ1v) is 17.3. The van der Waals surface area contributed by atoms with Crippen LogP contribution in [0.5, 0.6) is 0 Å². The van der Waals surface area contributed by atoms with Gasteiger partial charge in [0.05, 0.1) is 16.7 Å². The molecular weight excluding hydrogens is 609 g/mol. The van der Waals surface area contributed by atoms with Crippen molar-refractivity contribution >= 4 is 65.3 Å². The van der Waals surface area contributed by atoms with E-state index in [9.17, 15) is 0 Å². The summed E-state index contributed by atoms with van der Waals surface area (Å²) < 4.78 is 6.93. The van der Waals surface area contributed by atoms with Crippen molar-refractivity contribution in [3.8, 4) is 33.5 Å². The third kappa shape index (κ3) is 3.59. The van der Waals surface area contributed by atoms with Gasteiger partial charge in [0.2, 0.25) is 0 Å². The van der Waals surface area contributed by atoms with Crippen LogP contribution in [0.3, 0.4) is 0 Å². The van der Waals surface area contributed by atoms with Gasteiger partial charge in [-0.15, -0.1) is 0 Å². The minimum absolute atomic E-state index is 0.216. The molecular formula is C47H30N2O. The molecule has 0 fully saturated rings. The lowest BCUT2D eigenvalue weighted by molar-refractivity contribution is 0.653. The van der Waals surface area contributed by atoms with E-state index in [4.69, 9.17) is 14.4 Å². The van der Waals surface area contributed by atoms with Gasteiger partial charge >= 0.3 is 0 Å². The second-order valence-corrected chi connectivity index (χ2v) is 14.1. The third-order valence-electron chi connectivity index (χ3n) is 11.1. The molecule has 0 amide bonds. The predicted molar refractivity (Wildman–Crippen MR) is 208 cm³/mol. The van der Waals surface area contributed by atoms with Crippen LogP contribution in [0.1, 0.15) is 25.0 Å². The number of furan rings is 1. The number of hydrogen-bond donors (Lipinski definition) is 0. The van der Waals surface area contributed by atoms with Gasteiger partial charge in [-0.3, -0.25) is 4.98 Å². The Kier molecular flexibility index (Phi) is 5.45. The average molecular weight is 639 g/mol. The lowest BCUT2D eigenvalue weighted by Gasteiger charge is -2.24. The minimum atomic E-state index is -0.216. The summed E-state index contributed by atoms with van der Waals surface area (Å²) in [6.07, 6.45) is 1.86.